The molecule has 0 radical (unpaired) electrons. The number of ether oxygens (including phenoxy) is 1. The Bertz CT molecular complexity index is 707. The molecule has 3 nitrogen and oxygen atoms in total. The number of rotatable bonds is 4. The van der Waals surface area contributed by atoms with E-state index in [0.717, 1.165) is 6.07 Å². The highest BCUT2D eigenvalue weighted by Gasteiger charge is 2.11. The topological polar surface area (TPSA) is 46.5 Å². The molecule has 0 bridgehead atoms. The van der Waals surface area contributed by atoms with Crippen molar-refractivity contribution in [3.05, 3.63) is 61.8 Å². The van der Waals surface area contributed by atoms with Crippen LogP contribution in [0.3, 0.4) is 0 Å². The van der Waals surface area contributed by atoms with Crippen LogP contribution in [0.5, 0.6) is 5.75 Å². The molecule has 2 rings (SSSR count). The Morgan fingerprint density at radius 1 is 1.24 bits per heavy atom. The summed E-state index contributed by atoms with van der Waals surface area (Å²) in [5.41, 5.74) is 0.0936. The van der Waals surface area contributed by atoms with Gasteiger partial charge in [0, 0.05) is 16.1 Å². The van der Waals surface area contributed by atoms with Crippen molar-refractivity contribution in [2.75, 3.05) is 0 Å². The van der Waals surface area contributed by atoms with E-state index in [4.69, 9.17) is 33.0 Å². The predicted octanol–water partition coefficient (Wildman–Crippen LogP) is 5.17. The molecule has 0 aliphatic carbocycles. The Morgan fingerprint density at radius 3 is 2.57 bits per heavy atom. The summed E-state index contributed by atoms with van der Waals surface area (Å²) in [6.07, 6.45) is 0. The molecule has 0 atom stereocenters. The fraction of sp³-hybridized carbons (Fsp3) is 0.0714. The van der Waals surface area contributed by atoms with Gasteiger partial charge >= 0.3 is 5.97 Å². The van der Waals surface area contributed by atoms with Gasteiger partial charge in [0.05, 0.1) is 15.6 Å². The van der Waals surface area contributed by atoms with Crippen molar-refractivity contribution in [3.8, 4) is 5.75 Å². The Balaban J connectivity index is 2.17. The highest BCUT2D eigenvalue weighted by atomic mass is 79.9. The Hall–Kier alpha value is -1.30. The van der Waals surface area contributed by atoms with Gasteiger partial charge in [-0.3, -0.25) is 0 Å². The third-order valence-corrected chi connectivity index (χ3v) is 4.15. The minimum atomic E-state index is -1.19. The molecule has 1 N–H and O–H groups in total. The first-order valence-electron chi connectivity index (χ1n) is 5.67. The molecule has 2 aromatic carbocycles. The van der Waals surface area contributed by atoms with E-state index in [1.165, 1.54) is 18.2 Å². The van der Waals surface area contributed by atoms with Gasteiger partial charge in [0.25, 0.3) is 0 Å². The van der Waals surface area contributed by atoms with Crippen LogP contribution < -0.4 is 4.74 Å². The molecule has 0 fully saturated rings. The van der Waals surface area contributed by atoms with E-state index < -0.39 is 11.8 Å². The molecule has 0 saturated heterocycles. The summed E-state index contributed by atoms with van der Waals surface area (Å²) < 4.78 is 19.8. The van der Waals surface area contributed by atoms with Crippen LogP contribution in [0.4, 0.5) is 4.39 Å². The first-order chi connectivity index (χ1) is 9.88. The minimum absolute atomic E-state index is 0.0938. The van der Waals surface area contributed by atoms with Gasteiger partial charge in [-0.2, -0.15) is 0 Å². The maximum atomic E-state index is 13.7. The van der Waals surface area contributed by atoms with E-state index in [1.54, 1.807) is 6.07 Å². The Kier molecular flexibility index (Phi) is 5.08. The number of carbonyl (C=O) groups is 1. The third-order valence-electron chi connectivity index (χ3n) is 2.66. The van der Waals surface area contributed by atoms with Crippen molar-refractivity contribution in [1.29, 1.82) is 0 Å². The zero-order chi connectivity index (χ0) is 15.6. The molecule has 2 aromatic rings. The second kappa shape index (κ2) is 6.64. The van der Waals surface area contributed by atoms with Crippen LogP contribution in [0.25, 0.3) is 0 Å². The largest absolute Gasteiger partial charge is 0.487 e. The van der Waals surface area contributed by atoms with E-state index in [-0.39, 0.29) is 17.7 Å². The number of carboxylic acids is 1. The quantitative estimate of drug-likeness (QED) is 0.728. The summed E-state index contributed by atoms with van der Waals surface area (Å²) in [5.74, 6) is -1.54. The van der Waals surface area contributed by atoms with Crippen LogP contribution in [0.2, 0.25) is 10.0 Å². The summed E-state index contributed by atoms with van der Waals surface area (Å²) in [5, 5.41) is 9.51. The lowest BCUT2D eigenvalue weighted by atomic mass is 10.1. The standard InChI is InChI=1S/C14H8BrCl2FO3/c15-9-4-11(17)13(5-10(9)16)21-6-8-2-1-7(14(19)20)3-12(8)18/h1-5H,6H2,(H,19,20). The predicted molar refractivity (Wildman–Crippen MR) is 81.9 cm³/mol. The smallest absolute Gasteiger partial charge is 0.335 e. The van der Waals surface area contributed by atoms with Gasteiger partial charge in [-0.25, -0.2) is 9.18 Å². The van der Waals surface area contributed by atoms with Crippen LogP contribution in [0.1, 0.15) is 15.9 Å². The third kappa shape index (κ3) is 3.87. The Labute approximate surface area is 138 Å². The van der Waals surface area contributed by atoms with Crippen LogP contribution in [0, 0.1) is 5.82 Å². The number of carboxylic acid groups (broad SMARTS) is 1. The lowest BCUT2D eigenvalue weighted by Crippen LogP contribution is -2.02. The highest BCUT2D eigenvalue weighted by Crippen LogP contribution is 2.34. The zero-order valence-electron chi connectivity index (χ0n) is 10.4. The van der Waals surface area contributed by atoms with Gasteiger partial charge < -0.3 is 9.84 Å². The highest BCUT2D eigenvalue weighted by molar-refractivity contribution is 9.10. The van der Waals surface area contributed by atoms with E-state index in [1.807, 2.05) is 0 Å². The van der Waals surface area contributed by atoms with Crippen LogP contribution in [-0.2, 0) is 6.61 Å². The SMILES string of the molecule is O=C(O)c1ccc(COc2cc(Cl)c(Br)cc2Cl)c(F)c1. The summed E-state index contributed by atoms with van der Waals surface area (Å²) in [7, 11) is 0. The molecule has 0 heterocycles. The zero-order valence-corrected chi connectivity index (χ0v) is 13.5. The van der Waals surface area contributed by atoms with Crippen LogP contribution in [0.15, 0.2) is 34.8 Å². The number of hydrogen-bond acceptors (Lipinski definition) is 2. The maximum Gasteiger partial charge on any atom is 0.335 e. The molecule has 0 unspecified atom stereocenters. The van der Waals surface area contributed by atoms with Crippen molar-refractivity contribution in [1.82, 2.24) is 0 Å². The molecule has 0 aliphatic rings. The molecular weight excluding hydrogens is 386 g/mol. The van der Waals surface area contributed by atoms with Crippen molar-refractivity contribution < 1.29 is 19.0 Å². The van der Waals surface area contributed by atoms with Crippen LogP contribution >= 0.6 is 39.1 Å². The molecule has 0 aromatic heterocycles. The van der Waals surface area contributed by atoms with E-state index in [2.05, 4.69) is 15.9 Å². The molecule has 110 valence electrons. The second-order valence-electron chi connectivity index (χ2n) is 4.10. The van der Waals surface area contributed by atoms with Crippen molar-refractivity contribution >= 4 is 45.1 Å². The van der Waals surface area contributed by atoms with Crippen molar-refractivity contribution in [2.45, 2.75) is 6.61 Å². The van der Waals surface area contributed by atoms with Gasteiger partial charge in [-0.05, 0) is 34.1 Å². The first-order valence-corrected chi connectivity index (χ1v) is 7.22. The number of hydrogen-bond donors (Lipinski definition) is 1. The average molecular weight is 394 g/mol. The number of benzene rings is 2. The normalized spacial score (nSPS) is 10.5. The van der Waals surface area contributed by atoms with Gasteiger partial charge in [0.2, 0.25) is 0 Å². The van der Waals surface area contributed by atoms with E-state index >= 15 is 0 Å². The molecule has 0 aliphatic heterocycles. The first kappa shape index (κ1) is 16.1. The van der Waals surface area contributed by atoms with E-state index in [0.29, 0.717) is 20.3 Å². The molecular formula is C14H8BrCl2FO3. The lowest BCUT2D eigenvalue weighted by molar-refractivity contribution is 0.0696. The van der Waals surface area contributed by atoms with Gasteiger partial charge in [0.15, 0.2) is 0 Å². The van der Waals surface area contributed by atoms with Crippen molar-refractivity contribution in [2.24, 2.45) is 0 Å². The second-order valence-corrected chi connectivity index (χ2v) is 5.77. The Morgan fingerprint density at radius 2 is 1.95 bits per heavy atom. The fourth-order valence-electron chi connectivity index (χ4n) is 1.57. The van der Waals surface area contributed by atoms with Gasteiger partial charge in [0.1, 0.15) is 18.2 Å². The fourth-order valence-corrected chi connectivity index (χ4v) is 2.41. The lowest BCUT2D eigenvalue weighted by Gasteiger charge is -2.10. The average Bonchev–Trinajstić information content (AvgIpc) is 2.42. The molecule has 0 spiro atoms. The monoisotopic (exact) mass is 392 g/mol. The summed E-state index contributed by atoms with van der Waals surface area (Å²) >= 11 is 15.1. The molecule has 0 saturated carbocycles. The summed E-state index contributed by atoms with van der Waals surface area (Å²) in [6.45, 7) is -0.0938. The number of halogens is 4. The molecule has 0 amide bonds. The molecule has 21 heavy (non-hydrogen) atoms. The minimum Gasteiger partial charge on any atom is -0.487 e. The van der Waals surface area contributed by atoms with Gasteiger partial charge in [-0.1, -0.05) is 29.3 Å². The molecule has 7 heteroatoms. The number of aromatic carboxylic acids is 1. The maximum absolute atomic E-state index is 13.7. The van der Waals surface area contributed by atoms with Crippen LogP contribution in [-0.4, -0.2) is 11.1 Å². The summed E-state index contributed by atoms with van der Waals surface area (Å²) in [4.78, 5) is 10.7. The van der Waals surface area contributed by atoms with E-state index in [9.17, 15) is 9.18 Å². The van der Waals surface area contributed by atoms with Gasteiger partial charge in [-0.15, -0.1) is 0 Å². The summed E-state index contributed by atoms with van der Waals surface area (Å²) in [6, 6.07) is 6.69. The van der Waals surface area contributed by atoms with Crippen molar-refractivity contribution in [3.63, 3.8) is 0 Å².